The average molecular weight is 281 g/mol. The molecule has 0 aliphatic carbocycles. The number of rotatable bonds is 5. The van der Waals surface area contributed by atoms with Crippen molar-refractivity contribution < 1.29 is 0 Å². The third-order valence-electron chi connectivity index (χ3n) is 2.67. The van der Waals surface area contributed by atoms with Crippen molar-refractivity contribution in [3.8, 4) is 0 Å². The Labute approximate surface area is 116 Å². The second-order valence-electron chi connectivity index (χ2n) is 4.81. The number of nitrogens with two attached hydrogens (primary N) is 1. The van der Waals surface area contributed by atoms with Gasteiger partial charge in [-0.2, -0.15) is 5.10 Å². The highest BCUT2D eigenvalue weighted by atomic mass is 32.2. The van der Waals surface area contributed by atoms with Crippen LogP contribution in [0.5, 0.6) is 0 Å². The molecule has 2 rings (SSSR count). The minimum Gasteiger partial charge on any atom is -0.368 e. The molecule has 104 valence electrons. The van der Waals surface area contributed by atoms with E-state index in [1.807, 2.05) is 9.25 Å². The van der Waals surface area contributed by atoms with Crippen LogP contribution in [0.15, 0.2) is 11.5 Å². The van der Waals surface area contributed by atoms with Crippen molar-refractivity contribution in [2.75, 3.05) is 5.73 Å². The van der Waals surface area contributed by atoms with Crippen LogP contribution >= 0.6 is 11.8 Å². The van der Waals surface area contributed by atoms with Gasteiger partial charge in [-0.1, -0.05) is 11.8 Å². The van der Waals surface area contributed by atoms with Gasteiger partial charge in [0.15, 0.2) is 5.16 Å². The van der Waals surface area contributed by atoms with Gasteiger partial charge in [-0.05, 0) is 27.7 Å². The zero-order valence-corrected chi connectivity index (χ0v) is 12.4. The van der Waals surface area contributed by atoms with Crippen molar-refractivity contribution in [1.82, 2.24) is 29.5 Å². The number of hydrogen-bond donors (Lipinski definition) is 1. The molecule has 8 heteroatoms. The van der Waals surface area contributed by atoms with Crippen molar-refractivity contribution in [3.05, 3.63) is 12.2 Å². The lowest BCUT2D eigenvalue weighted by Crippen LogP contribution is -2.09. The molecule has 0 spiro atoms. The third kappa shape index (κ3) is 2.89. The van der Waals surface area contributed by atoms with Crippen molar-refractivity contribution in [2.45, 2.75) is 50.7 Å². The molecule has 0 fully saturated rings. The normalized spacial score (nSPS) is 11.7. The third-order valence-corrected chi connectivity index (χ3v) is 3.61. The SMILES string of the molecule is CC(C)n1ncnc1CSc1nnc(N)n1C(C)C. The Bertz CT molecular complexity index is 543. The molecule has 0 saturated heterocycles. The first kappa shape index (κ1) is 13.9. The van der Waals surface area contributed by atoms with Crippen LogP contribution in [0.2, 0.25) is 0 Å². The van der Waals surface area contributed by atoms with Crippen molar-refractivity contribution in [2.24, 2.45) is 0 Å². The van der Waals surface area contributed by atoms with E-state index in [0.717, 1.165) is 11.0 Å². The van der Waals surface area contributed by atoms with Gasteiger partial charge in [-0.3, -0.25) is 4.57 Å². The summed E-state index contributed by atoms with van der Waals surface area (Å²) in [6.07, 6.45) is 1.58. The van der Waals surface area contributed by atoms with Gasteiger partial charge in [-0.15, -0.1) is 10.2 Å². The Morgan fingerprint density at radius 1 is 1.21 bits per heavy atom. The standard InChI is InChI=1S/C11H19N7S/c1-7(2)17-10(12)15-16-11(17)19-5-9-13-6-14-18(9)8(3)4/h6-8H,5H2,1-4H3,(H2,12,15). The van der Waals surface area contributed by atoms with E-state index in [9.17, 15) is 0 Å². The highest BCUT2D eigenvalue weighted by molar-refractivity contribution is 7.98. The molecule has 7 nitrogen and oxygen atoms in total. The second-order valence-corrected chi connectivity index (χ2v) is 5.75. The summed E-state index contributed by atoms with van der Waals surface area (Å²) in [6.45, 7) is 8.27. The fourth-order valence-electron chi connectivity index (χ4n) is 1.81. The van der Waals surface area contributed by atoms with Crippen LogP contribution < -0.4 is 5.73 Å². The molecule has 0 aliphatic heterocycles. The van der Waals surface area contributed by atoms with Gasteiger partial charge in [0, 0.05) is 12.1 Å². The van der Waals surface area contributed by atoms with Crippen LogP contribution in [0.3, 0.4) is 0 Å². The Morgan fingerprint density at radius 3 is 2.58 bits per heavy atom. The largest absolute Gasteiger partial charge is 0.368 e. The lowest BCUT2D eigenvalue weighted by molar-refractivity contribution is 0.514. The lowest BCUT2D eigenvalue weighted by atomic mass is 10.4. The summed E-state index contributed by atoms with van der Waals surface area (Å²) in [6, 6.07) is 0.534. The van der Waals surface area contributed by atoms with Gasteiger partial charge in [0.25, 0.3) is 0 Å². The average Bonchev–Trinajstić information content (AvgIpc) is 2.92. The number of nitrogens with zero attached hydrogens (tertiary/aromatic N) is 6. The maximum Gasteiger partial charge on any atom is 0.222 e. The van der Waals surface area contributed by atoms with Gasteiger partial charge in [-0.25, -0.2) is 9.67 Å². The monoisotopic (exact) mass is 281 g/mol. The van der Waals surface area contributed by atoms with Crippen molar-refractivity contribution in [3.63, 3.8) is 0 Å². The molecule has 2 aromatic rings. The molecule has 2 aromatic heterocycles. The molecule has 2 N–H and O–H groups in total. The van der Waals surface area contributed by atoms with E-state index < -0.39 is 0 Å². The Hall–Kier alpha value is -1.57. The maximum atomic E-state index is 5.81. The molecule has 2 heterocycles. The molecule has 0 amide bonds. The second kappa shape index (κ2) is 5.60. The highest BCUT2D eigenvalue weighted by Crippen LogP contribution is 2.25. The first-order valence-electron chi connectivity index (χ1n) is 6.22. The van der Waals surface area contributed by atoms with Gasteiger partial charge in [0.2, 0.25) is 5.95 Å². The molecule has 0 saturated carbocycles. The predicted molar refractivity (Wildman–Crippen MR) is 74.8 cm³/mol. The molecule has 0 aliphatic rings. The Morgan fingerprint density at radius 2 is 1.95 bits per heavy atom. The van der Waals surface area contributed by atoms with Crippen LogP contribution in [-0.2, 0) is 5.75 Å². The van der Waals surface area contributed by atoms with E-state index >= 15 is 0 Å². The molecule has 0 radical (unpaired) electrons. The molecule has 0 atom stereocenters. The first-order chi connectivity index (χ1) is 9.00. The Kier molecular flexibility index (Phi) is 4.08. The minimum absolute atomic E-state index is 0.237. The lowest BCUT2D eigenvalue weighted by Gasteiger charge is -2.12. The summed E-state index contributed by atoms with van der Waals surface area (Å²) in [7, 11) is 0. The highest BCUT2D eigenvalue weighted by Gasteiger charge is 2.15. The number of nitrogen functional groups attached to an aromatic ring is 1. The zero-order chi connectivity index (χ0) is 14.0. The first-order valence-corrected chi connectivity index (χ1v) is 7.20. The zero-order valence-electron chi connectivity index (χ0n) is 11.6. The quantitative estimate of drug-likeness (QED) is 0.842. The van der Waals surface area contributed by atoms with E-state index in [4.69, 9.17) is 5.73 Å². The molecule has 0 aromatic carbocycles. The molecule has 19 heavy (non-hydrogen) atoms. The summed E-state index contributed by atoms with van der Waals surface area (Å²) < 4.78 is 3.83. The number of thioether (sulfide) groups is 1. The van der Waals surface area contributed by atoms with E-state index in [1.165, 1.54) is 0 Å². The number of aromatic nitrogens is 6. The fraction of sp³-hybridized carbons (Fsp3) is 0.636. The van der Waals surface area contributed by atoms with Gasteiger partial charge < -0.3 is 5.73 Å². The molecular formula is C11H19N7S. The van der Waals surface area contributed by atoms with E-state index in [2.05, 4.69) is 48.0 Å². The number of anilines is 1. The van der Waals surface area contributed by atoms with Gasteiger partial charge in [0.1, 0.15) is 12.2 Å². The number of hydrogen-bond acceptors (Lipinski definition) is 6. The topological polar surface area (TPSA) is 87.4 Å². The summed E-state index contributed by atoms with van der Waals surface area (Å²) >= 11 is 1.57. The molecule has 0 bridgehead atoms. The minimum atomic E-state index is 0.237. The van der Waals surface area contributed by atoms with E-state index in [-0.39, 0.29) is 6.04 Å². The summed E-state index contributed by atoms with van der Waals surface area (Å²) in [5.74, 6) is 2.07. The smallest absolute Gasteiger partial charge is 0.222 e. The predicted octanol–water partition coefficient (Wildman–Crippen LogP) is 1.91. The van der Waals surface area contributed by atoms with Crippen molar-refractivity contribution in [1.29, 1.82) is 0 Å². The van der Waals surface area contributed by atoms with E-state index in [1.54, 1.807) is 18.1 Å². The summed E-state index contributed by atoms with van der Waals surface area (Å²) in [5.41, 5.74) is 5.81. The van der Waals surface area contributed by atoms with Crippen LogP contribution in [0.4, 0.5) is 5.95 Å². The molecular weight excluding hydrogens is 262 g/mol. The van der Waals surface area contributed by atoms with Gasteiger partial charge in [0.05, 0.1) is 5.75 Å². The van der Waals surface area contributed by atoms with Crippen LogP contribution in [0.25, 0.3) is 0 Å². The molecule has 0 unspecified atom stereocenters. The van der Waals surface area contributed by atoms with Crippen LogP contribution in [-0.4, -0.2) is 29.5 Å². The Balaban J connectivity index is 2.13. The van der Waals surface area contributed by atoms with Crippen LogP contribution in [0, 0.1) is 0 Å². The van der Waals surface area contributed by atoms with Gasteiger partial charge >= 0.3 is 0 Å². The van der Waals surface area contributed by atoms with Crippen LogP contribution in [0.1, 0.15) is 45.6 Å². The van der Waals surface area contributed by atoms with Crippen molar-refractivity contribution >= 4 is 17.7 Å². The van der Waals surface area contributed by atoms with E-state index in [0.29, 0.717) is 17.7 Å². The summed E-state index contributed by atoms with van der Waals surface area (Å²) in [5, 5.41) is 13.1. The summed E-state index contributed by atoms with van der Waals surface area (Å²) in [4.78, 5) is 4.28. The maximum absolute atomic E-state index is 5.81. The fourth-order valence-corrected chi connectivity index (χ4v) is 2.82.